The number of ketones is 1. The number of likely N-dealkylation sites (N-methyl/N-ethyl adjacent to an activating group) is 1. The average Bonchev–Trinajstić information content (AvgIpc) is 2.59. The summed E-state index contributed by atoms with van der Waals surface area (Å²) in [5, 5.41) is 23.0. The molecule has 2 bridgehead atoms. The number of Topliss-reactive ketones (excluding diaryl/α,β-unsaturated/α-hetero) is 1. The molecule has 1 heterocycles. The normalized spacial score (nSPS) is 37.3. The highest BCUT2D eigenvalue weighted by molar-refractivity contribution is 5.96. The summed E-state index contributed by atoms with van der Waals surface area (Å²) in [5.74, 6) is -0.774. The molecule has 4 atom stereocenters. The van der Waals surface area contributed by atoms with Gasteiger partial charge < -0.3 is 20.4 Å². The third kappa shape index (κ3) is 2.20. The number of fused-ring (bicyclic) bond motifs is 1. The monoisotopic (exact) mass is 371 g/mol. The predicted octanol–water partition coefficient (Wildman–Crippen LogP) is 1.17. The summed E-state index contributed by atoms with van der Waals surface area (Å²) in [4.78, 5) is 24.3. The molecule has 1 unspecified atom stereocenters. The van der Waals surface area contributed by atoms with Crippen LogP contribution in [0.5, 0.6) is 5.75 Å². The molecular formula is C21H27N2O4+. The predicted molar refractivity (Wildman–Crippen MR) is 100 cm³/mol. The molecule has 4 rings (SSSR count). The number of nitrogens with two attached hydrogens (primary N) is 1. The lowest BCUT2D eigenvalue weighted by molar-refractivity contribution is -0.944. The molecule has 6 heteroatoms. The van der Waals surface area contributed by atoms with Crippen LogP contribution >= 0.6 is 0 Å². The van der Waals surface area contributed by atoms with Gasteiger partial charge in [-0.3, -0.25) is 9.59 Å². The van der Waals surface area contributed by atoms with Gasteiger partial charge in [-0.05, 0) is 24.1 Å². The van der Waals surface area contributed by atoms with E-state index in [-0.39, 0.29) is 29.6 Å². The van der Waals surface area contributed by atoms with Crippen LogP contribution in [0.2, 0.25) is 0 Å². The van der Waals surface area contributed by atoms with Crippen LogP contribution in [0, 0.1) is 0 Å². The number of hydrogen-bond donors (Lipinski definition) is 3. The van der Waals surface area contributed by atoms with E-state index in [1.165, 1.54) is 0 Å². The summed E-state index contributed by atoms with van der Waals surface area (Å²) >= 11 is 0. The van der Waals surface area contributed by atoms with Crippen molar-refractivity contribution in [1.82, 2.24) is 0 Å². The minimum atomic E-state index is -1.11. The van der Waals surface area contributed by atoms with Crippen molar-refractivity contribution in [2.45, 2.75) is 49.2 Å². The molecule has 144 valence electrons. The highest BCUT2D eigenvalue weighted by atomic mass is 16.3. The van der Waals surface area contributed by atoms with E-state index in [2.05, 4.69) is 13.6 Å². The fraction of sp³-hybridized carbons (Fsp3) is 0.524. The Morgan fingerprint density at radius 1 is 1.44 bits per heavy atom. The highest BCUT2D eigenvalue weighted by Crippen LogP contribution is 2.60. The number of piperidine rings is 1. The van der Waals surface area contributed by atoms with Crippen molar-refractivity contribution < 1.29 is 24.3 Å². The third-order valence-electron chi connectivity index (χ3n) is 7.43. The smallest absolute Gasteiger partial charge is 0.252 e. The second-order valence-electron chi connectivity index (χ2n) is 8.73. The summed E-state index contributed by atoms with van der Waals surface area (Å²) in [7, 11) is 2.13. The van der Waals surface area contributed by atoms with Gasteiger partial charge in [-0.2, -0.15) is 0 Å². The van der Waals surface area contributed by atoms with Gasteiger partial charge in [-0.25, -0.2) is 0 Å². The SMILES string of the molecule is C=CC[N+]1(C)CC[C@]23CC(=O)CC[C@@]2(O)[C@H]1Cc1ccc(C(N)=O)c(O)c13. The van der Waals surface area contributed by atoms with E-state index in [9.17, 15) is 19.8 Å². The van der Waals surface area contributed by atoms with Gasteiger partial charge in [0.2, 0.25) is 0 Å². The minimum Gasteiger partial charge on any atom is -0.507 e. The van der Waals surface area contributed by atoms with Gasteiger partial charge in [0.05, 0.1) is 25.7 Å². The topological polar surface area (TPSA) is 101 Å². The van der Waals surface area contributed by atoms with Crippen molar-refractivity contribution in [3.05, 3.63) is 41.5 Å². The number of likely N-dealkylation sites (tertiary alicyclic amines) is 1. The van der Waals surface area contributed by atoms with E-state index >= 15 is 0 Å². The molecule has 1 saturated carbocycles. The molecule has 2 fully saturated rings. The Bertz CT molecular complexity index is 866. The molecule has 0 spiro atoms. The van der Waals surface area contributed by atoms with Gasteiger partial charge in [-0.15, -0.1) is 0 Å². The molecule has 4 N–H and O–H groups in total. The number of carbonyl (C=O) groups excluding carboxylic acids is 2. The molecule has 2 aliphatic carbocycles. The van der Waals surface area contributed by atoms with Crippen molar-refractivity contribution in [1.29, 1.82) is 0 Å². The van der Waals surface area contributed by atoms with Crippen LogP contribution in [-0.2, 0) is 16.6 Å². The number of aliphatic hydroxyl groups is 1. The van der Waals surface area contributed by atoms with E-state index in [1.54, 1.807) is 6.07 Å². The minimum absolute atomic E-state index is 0.0517. The Morgan fingerprint density at radius 3 is 2.85 bits per heavy atom. The van der Waals surface area contributed by atoms with E-state index in [1.807, 2.05) is 12.1 Å². The number of quaternary nitrogens is 1. The molecule has 0 aromatic heterocycles. The number of aromatic hydroxyl groups is 1. The largest absolute Gasteiger partial charge is 0.507 e. The van der Waals surface area contributed by atoms with Crippen LogP contribution in [0.3, 0.4) is 0 Å². The fourth-order valence-electron chi connectivity index (χ4n) is 6.13. The number of primary amides is 1. The molecule has 27 heavy (non-hydrogen) atoms. The van der Waals surface area contributed by atoms with Crippen LogP contribution in [0.15, 0.2) is 24.8 Å². The maximum Gasteiger partial charge on any atom is 0.252 e. The van der Waals surface area contributed by atoms with Crippen LogP contribution < -0.4 is 5.73 Å². The first kappa shape index (κ1) is 18.2. The van der Waals surface area contributed by atoms with Crippen LogP contribution in [0.25, 0.3) is 0 Å². The molecule has 1 aromatic rings. The molecule has 1 saturated heterocycles. The van der Waals surface area contributed by atoms with Gasteiger partial charge in [-0.1, -0.05) is 12.6 Å². The molecule has 1 aromatic carbocycles. The van der Waals surface area contributed by atoms with E-state index < -0.39 is 16.9 Å². The summed E-state index contributed by atoms with van der Waals surface area (Å²) < 4.78 is 0.660. The maximum absolute atomic E-state index is 12.5. The highest BCUT2D eigenvalue weighted by Gasteiger charge is 2.69. The molecule has 0 radical (unpaired) electrons. The number of amides is 1. The zero-order chi connectivity index (χ0) is 19.6. The second kappa shape index (κ2) is 5.66. The Kier molecular flexibility index (Phi) is 3.81. The number of benzene rings is 1. The number of carbonyl (C=O) groups is 2. The molecular weight excluding hydrogens is 344 g/mol. The van der Waals surface area contributed by atoms with Crippen molar-refractivity contribution >= 4 is 11.7 Å². The van der Waals surface area contributed by atoms with E-state index in [4.69, 9.17) is 5.73 Å². The van der Waals surface area contributed by atoms with Crippen LogP contribution in [0.4, 0.5) is 0 Å². The Hall–Kier alpha value is -2.18. The fourth-order valence-corrected chi connectivity index (χ4v) is 6.13. The maximum atomic E-state index is 12.5. The average molecular weight is 371 g/mol. The summed E-state index contributed by atoms with van der Waals surface area (Å²) in [6.07, 6.45) is 3.94. The van der Waals surface area contributed by atoms with Crippen molar-refractivity contribution in [2.75, 3.05) is 20.1 Å². The zero-order valence-corrected chi connectivity index (χ0v) is 15.7. The Labute approximate surface area is 158 Å². The zero-order valence-electron chi connectivity index (χ0n) is 15.7. The van der Waals surface area contributed by atoms with Gasteiger partial charge in [0.1, 0.15) is 23.2 Å². The third-order valence-corrected chi connectivity index (χ3v) is 7.43. The Balaban J connectivity index is 2.00. The lowest BCUT2D eigenvalue weighted by Gasteiger charge is -2.64. The number of phenols is 1. The molecule has 6 nitrogen and oxygen atoms in total. The van der Waals surface area contributed by atoms with Gasteiger partial charge >= 0.3 is 0 Å². The summed E-state index contributed by atoms with van der Waals surface area (Å²) in [6.45, 7) is 5.39. The number of rotatable bonds is 3. The van der Waals surface area contributed by atoms with E-state index in [0.717, 1.165) is 18.7 Å². The lowest BCUT2D eigenvalue weighted by atomic mass is 9.48. The second-order valence-corrected chi connectivity index (χ2v) is 8.73. The first-order valence-corrected chi connectivity index (χ1v) is 9.53. The summed E-state index contributed by atoms with van der Waals surface area (Å²) in [5.41, 5.74) is 4.98. The lowest BCUT2D eigenvalue weighted by Crippen LogP contribution is -2.78. The summed E-state index contributed by atoms with van der Waals surface area (Å²) in [6, 6.07) is 3.28. The van der Waals surface area contributed by atoms with Gasteiger partial charge in [0, 0.05) is 36.7 Å². The number of hydrogen-bond acceptors (Lipinski definition) is 4. The molecule has 1 aliphatic heterocycles. The van der Waals surface area contributed by atoms with Crippen LogP contribution in [-0.4, -0.2) is 58.2 Å². The standard InChI is InChI=1S/C21H26N2O4/c1-3-9-23(2)10-8-20-12-14(24)6-7-21(20,27)16(23)11-13-4-5-15(19(22)26)18(25)17(13)20/h3-5,16,27H,1,6-12H2,2H3,(H2-,22,25,26)/p+1/t16-,20-,21-,23?/m1/s1. The van der Waals surface area contributed by atoms with Crippen molar-refractivity contribution in [2.24, 2.45) is 5.73 Å². The number of nitrogens with zero attached hydrogens (tertiary/aromatic N) is 1. The molecule has 3 aliphatic rings. The quantitative estimate of drug-likeness (QED) is 0.548. The molecule has 1 amide bonds. The van der Waals surface area contributed by atoms with Gasteiger partial charge in [0.25, 0.3) is 5.91 Å². The van der Waals surface area contributed by atoms with Crippen molar-refractivity contribution in [3.63, 3.8) is 0 Å². The Morgan fingerprint density at radius 2 is 2.19 bits per heavy atom. The van der Waals surface area contributed by atoms with Crippen molar-refractivity contribution in [3.8, 4) is 5.75 Å². The first-order valence-electron chi connectivity index (χ1n) is 9.53. The van der Waals surface area contributed by atoms with Crippen LogP contribution in [0.1, 0.15) is 47.2 Å². The van der Waals surface area contributed by atoms with Gasteiger partial charge in [0.15, 0.2) is 0 Å². The first-order chi connectivity index (χ1) is 12.7. The van der Waals surface area contributed by atoms with E-state index in [0.29, 0.717) is 35.7 Å².